The number of ether oxygens (including phenoxy) is 1. The maximum atomic E-state index is 12.0. The predicted octanol–water partition coefficient (Wildman–Crippen LogP) is 0.652. The summed E-state index contributed by atoms with van der Waals surface area (Å²) < 4.78 is 5.79. The van der Waals surface area contributed by atoms with Gasteiger partial charge in [-0.2, -0.15) is 0 Å². The molecule has 0 bridgehead atoms. The lowest BCUT2D eigenvalue weighted by molar-refractivity contribution is -0.125. The number of likely N-dealkylation sites (tertiary alicyclic amines) is 1. The Morgan fingerprint density at radius 1 is 1.17 bits per heavy atom. The van der Waals surface area contributed by atoms with Gasteiger partial charge in [0.25, 0.3) is 0 Å². The molecule has 0 aromatic rings. The fourth-order valence-corrected chi connectivity index (χ4v) is 3.77. The summed E-state index contributed by atoms with van der Waals surface area (Å²) in [6.07, 6.45) is 2.81. The fraction of sp³-hybridized carbons (Fsp3) is 0.882. The minimum absolute atomic E-state index is 0.233. The van der Waals surface area contributed by atoms with Gasteiger partial charge in [-0.3, -0.25) is 19.9 Å². The van der Waals surface area contributed by atoms with Crippen molar-refractivity contribution in [1.82, 2.24) is 20.4 Å². The average molecular weight is 340 g/mol. The number of carbonyl (C=O) groups excluding carboxylic acids is 2. The first-order valence-corrected chi connectivity index (χ1v) is 9.03. The molecule has 2 fully saturated rings. The first-order valence-electron chi connectivity index (χ1n) is 9.03. The smallest absolute Gasteiger partial charge is 0.321 e. The molecule has 24 heavy (non-hydrogen) atoms. The number of nitrogens with zero attached hydrogens (tertiary/aromatic N) is 2. The van der Waals surface area contributed by atoms with Gasteiger partial charge in [0.1, 0.15) is 0 Å². The Morgan fingerprint density at radius 2 is 1.75 bits per heavy atom. The first kappa shape index (κ1) is 19.1. The lowest BCUT2D eigenvalue weighted by atomic mass is 9.94. The van der Waals surface area contributed by atoms with Crippen molar-refractivity contribution in [3.05, 3.63) is 0 Å². The topological polar surface area (TPSA) is 73.9 Å². The van der Waals surface area contributed by atoms with Gasteiger partial charge in [-0.05, 0) is 52.6 Å². The SMILES string of the molecule is CNC(=O)NC(=O)C(C)N1CCC(CN2CC(C)OC(C)C2)CC1. The second-order valence-corrected chi connectivity index (χ2v) is 7.20. The minimum Gasteiger partial charge on any atom is -0.373 e. The van der Waals surface area contributed by atoms with Crippen LogP contribution in [0, 0.1) is 5.92 Å². The molecule has 0 aromatic heterocycles. The third-order valence-electron chi connectivity index (χ3n) is 5.05. The number of morpholine rings is 1. The van der Waals surface area contributed by atoms with E-state index in [2.05, 4.69) is 34.3 Å². The molecule has 3 atom stereocenters. The molecule has 0 spiro atoms. The highest BCUT2D eigenvalue weighted by atomic mass is 16.5. The highest BCUT2D eigenvalue weighted by molar-refractivity contribution is 5.96. The van der Waals surface area contributed by atoms with E-state index in [1.54, 1.807) is 0 Å². The van der Waals surface area contributed by atoms with Crippen LogP contribution < -0.4 is 10.6 Å². The number of hydrogen-bond acceptors (Lipinski definition) is 5. The van der Waals surface area contributed by atoms with Crippen molar-refractivity contribution in [2.24, 2.45) is 5.92 Å². The van der Waals surface area contributed by atoms with E-state index in [9.17, 15) is 9.59 Å². The van der Waals surface area contributed by atoms with E-state index in [1.165, 1.54) is 7.05 Å². The van der Waals surface area contributed by atoms with E-state index in [0.29, 0.717) is 18.1 Å². The van der Waals surface area contributed by atoms with E-state index in [0.717, 1.165) is 45.6 Å². The average Bonchev–Trinajstić information content (AvgIpc) is 2.53. The van der Waals surface area contributed by atoms with Crippen LogP contribution in [0.1, 0.15) is 33.6 Å². The zero-order valence-corrected chi connectivity index (χ0v) is 15.4. The van der Waals surface area contributed by atoms with Gasteiger partial charge in [-0.1, -0.05) is 0 Å². The Hall–Kier alpha value is -1.18. The number of amides is 3. The number of nitrogens with one attached hydrogen (secondary N) is 2. The van der Waals surface area contributed by atoms with Crippen molar-refractivity contribution in [3.8, 4) is 0 Å². The summed E-state index contributed by atoms with van der Waals surface area (Å²) in [5, 5.41) is 4.77. The largest absolute Gasteiger partial charge is 0.373 e. The molecule has 2 N–H and O–H groups in total. The number of rotatable bonds is 4. The Labute approximate surface area is 145 Å². The zero-order chi connectivity index (χ0) is 17.7. The van der Waals surface area contributed by atoms with Crippen molar-refractivity contribution in [1.29, 1.82) is 0 Å². The van der Waals surface area contributed by atoms with Crippen LogP contribution in [0.15, 0.2) is 0 Å². The van der Waals surface area contributed by atoms with Crippen LogP contribution in [-0.2, 0) is 9.53 Å². The number of hydrogen-bond donors (Lipinski definition) is 2. The molecule has 138 valence electrons. The summed E-state index contributed by atoms with van der Waals surface area (Å²) in [6.45, 7) is 11.1. The quantitative estimate of drug-likeness (QED) is 0.786. The second-order valence-electron chi connectivity index (χ2n) is 7.20. The third kappa shape index (κ3) is 5.43. The van der Waals surface area contributed by atoms with Crippen molar-refractivity contribution in [2.45, 2.75) is 51.9 Å². The van der Waals surface area contributed by atoms with Crippen LogP contribution in [0.2, 0.25) is 0 Å². The van der Waals surface area contributed by atoms with Gasteiger partial charge >= 0.3 is 6.03 Å². The highest BCUT2D eigenvalue weighted by Gasteiger charge is 2.30. The molecule has 2 aliphatic heterocycles. The number of piperidine rings is 1. The number of urea groups is 1. The lowest BCUT2D eigenvalue weighted by Crippen LogP contribution is -2.52. The molecule has 3 unspecified atom stereocenters. The van der Waals surface area contributed by atoms with Gasteiger partial charge in [0.05, 0.1) is 18.2 Å². The molecular weight excluding hydrogens is 308 g/mol. The van der Waals surface area contributed by atoms with Crippen molar-refractivity contribution in [2.75, 3.05) is 39.8 Å². The van der Waals surface area contributed by atoms with Gasteiger partial charge in [-0.15, -0.1) is 0 Å². The zero-order valence-electron chi connectivity index (χ0n) is 15.4. The van der Waals surface area contributed by atoms with Crippen molar-refractivity contribution >= 4 is 11.9 Å². The molecule has 3 amide bonds. The van der Waals surface area contributed by atoms with Gasteiger partial charge in [0.15, 0.2) is 0 Å². The van der Waals surface area contributed by atoms with E-state index < -0.39 is 6.03 Å². The molecule has 0 aliphatic carbocycles. The van der Waals surface area contributed by atoms with Crippen LogP contribution in [0.4, 0.5) is 4.79 Å². The Kier molecular flexibility index (Phi) is 7.01. The Bertz CT molecular complexity index is 428. The van der Waals surface area contributed by atoms with Gasteiger partial charge in [0.2, 0.25) is 5.91 Å². The maximum Gasteiger partial charge on any atom is 0.321 e. The van der Waals surface area contributed by atoms with Crippen LogP contribution in [0.5, 0.6) is 0 Å². The Morgan fingerprint density at radius 3 is 2.29 bits per heavy atom. The summed E-state index contributed by atoms with van der Waals surface area (Å²) in [5.74, 6) is 0.441. The molecule has 2 rings (SSSR count). The van der Waals surface area contributed by atoms with Crippen molar-refractivity contribution in [3.63, 3.8) is 0 Å². The maximum absolute atomic E-state index is 12.0. The predicted molar refractivity (Wildman–Crippen MR) is 92.8 cm³/mol. The number of carbonyl (C=O) groups is 2. The van der Waals surface area contributed by atoms with Gasteiger partial charge in [-0.25, -0.2) is 4.79 Å². The molecule has 7 nitrogen and oxygen atoms in total. The van der Waals surface area contributed by atoms with Crippen molar-refractivity contribution < 1.29 is 14.3 Å². The van der Waals surface area contributed by atoms with E-state index >= 15 is 0 Å². The summed E-state index contributed by atoms with van der Waals surface area (Å²) in [5.41, 5.74) is 0. The fourth-order valence-electron chi connectivity index (χ4n) is 3.77. The minimum atomic E-state index is -0.447. The standard InChI is InChI=1S/C17H32N4O3/c1-12-9-20(10-13(2)24-12)11-15-5-7-21(8-6-15)14(3)16(22)19-17(23)18-4/h12-15H,5-11H2,1-4H3,(H2,18,19,22,23). The van der Waals surface area contributed by atoms with Crippen LogP contribution in [0.25, 0.3) is 0 Å². The van der Waals surface area contributed by atoms with Gasteiger partial charge in [0, 0.05) is 26.7 Å². The van der Waals surface area contributed by atoms with E-state index in [1.807, 2.05) is 6.92 Å². The van der Waals surface area contributed by atoms with E-state index in [4.69, 9.17) is 4.74 Å². The monoisotopic (exact) mass is 340 g/mol. The highest BCUT2D eigenvalue weighted by Crippen LogP contribution is 2.22. The second kappa shape index (κ2) is 8.78. The third-order valence-corrected chi connectivity index (χ3v) is 5.05. The molecule has 0 aromatic carbocycles. The van der Waals surface area contributed by atoms with E-state index in [-0.39, 0.29) is 11.9 Å². The first-order chi connectivity index (χ1) is 11.4. The summed E-state index contributed by atoms with van der Waals surface area (Å²) in [7, 11) is 1.51. The van der Waals surface area contributed by atoms with Crippen LogP contribution in [0.3, 0.4) is 0 Å². The summed E-state index contributed by atoms with van der Waals surface area (Å²) in [4.78, 5) is 28.0. The number of imide groups is 1. The lowest BCUT2D eigenvalue weighted by Gasteiger charge is -2.40. The molecular formula is C17H32N4O3. The van der Waals surface area contributed by atoms with Crippen LogP contribution in [-0.4, -0.2) is 79.8 Å². The normalized spacial score (nSPS) is 28.3. The molecule has 2 saturated heterocycles. The molecule has 0 radical (unpaired) electrons. The summed E-state index contributed by atoms with van der Waals surface area (Å²) in [6, 6.07) is -0.719. The summed E-state index contributed by atoms with van der Waals surface area (Å²) >= 11 is 0. The molecule has 2 aliphatic rings. The molecule has 2 heterocycles. The Balaban J connectivity index is 1.74. The van der Waals surface area contributed by atoms with Crippen LogP contribution >= 0.6 is 0 Å². The molecule has 0 saturated carbocycles. The molecule has 7 heteroatoms. The van der Waals surface area contributed by atoms with Gasteiger partial charge < -0.3 is 10.1 Å².